The SMILES string of the molecule is Cc1ccccc1CN1CCN(CC(=O)NC[C@@H]2COc3ccccc3O2)CC1. The van der Waals surface area contributed by atoms with Crippen LogP contribution in [0.4, 0.5) is 0 Å². The van der Waals surface area contributed by atoms with Crippen molar-refractivity contribution in [3.63, 3.8) is 0 Å². The molecule has 2 aromatic rings. The minimum atomic E-state index is -0.153. The number of rotatable bonds is 6. The lowest BCUT2D eigenvalue weighted by molar-refractivity contribution is -0.123. The summed E-state index contributed by atoms with van der Waals surface area (Å²) >= 11 is 0. The number of aryl methyl sites for hydroxylation is 1. The highest BCUT2D eigenvalue weighted by Gasteiger charge is 2.23. The highest BCUT2D eigenvalue weighted by Crippen LogP contribution is 2.30. The largest absolute Gasteiger partial charge is 0.486 e. The zero-order valence-corrected chi connectivity index (χ0v) is 17.0. The molecule has 2 aliphatic heterocycles. The molecule has 6 heteroatoms. The first kappa shape index (κ1) is 19.7. The Balaban J connectivity index is 1.16. The van der Waals surface area contributed by atoms with E-state index in [-0.39, 0.29) is 12.0 Å². The van der Waals surface area contributed by atoms with E-state index in [0.29, 0.717) is 19.7 Å². The van der Waals surface area contributed by atoms with Crippen LogP contribution in [0.2, 0.25) is 0 Å². The fraction of sp³-hybridized carbons (Fsp3) is 0.435. The molecular formula is C23H29N3O3. The summed E-state index contributed by atoms with van der Waals surface area (Å²) in [6, 6.07) is 16.2. The van der Waals surface area contributed by atoms with Crippen molar-refractivity contribution in [3.8, 4) is 11.5 Å². The number of carbonyl (C=O) groups is 1. The summed E-state index contributed by atoms with van der Waals surface area (Å²) < 4.78 is 11.6. The summed E-state index contributed by atoms with van der Waals surface area (Å²) in [6.45, 7) is 8.28. The van der Waals surface area contributed by atoms with Gasteiger partial charge in [0, 0.05) is 32.7 Å². The Hall–Kier alpha value is -2.57. The van der Waals surface area contributed by atoms with Crippen LogP contribution < -0.4 is 14.8 Å². The minimum absolute atomic E-state index is 0.0415. The lowest BCUT2D eigenvalue weighted by atomic mass is 10.1. The number of ether oxygens (including phenoxy) is 2. The van der Waals surface area contributed by atoms with Crippen molar-refractivity contribution in [1.82, 2.24) is 15.1 Å². The van der Waals surface area contributed by atoms with E-state index >= 15 is 0 Å². The van der Waals surface area contributed by atoms with Crippen LogP contribution in [0, 0.1) is 6.92 Å². The molecule has 0 saturated carbocycles. The first-order chi connectivity index (χ1) is 14.2. The van der Waals surface area contributed by atoms with Gasteiger partial charge in [0.15, 0.2) is 11.5 Å². The third-order valence-electron chi connectivity index (χ3n) is 5.58. The maximum Gasteiger partial charge on any atom is 0.234 e. The third-order valence-corrected chi connectivity index (χ3v) is 5.58. The number of fused-ring (bicyclic) bond motifs is 1. The number of carbonyl (C=O) groups excluding carboxylic acids is 1. The van der Waals surface area contributed by atoms with Gasteiger partial charge in [-0.2, -0.15) is 0 Å². The van der Waals surface area contributed by atoms with Crippen LogP contribution in [0.1, 0.15) is 11.1 Å². The summed E-state index contributed by atoms with van der Waals surface area (Å²) in [5.41, 5.74) is 2.72. The summed E-state index contributed by atoms with van der Waals surface area (Å²) in [6.07, 6.45) is -0.153. The van der Waals surface area contributed by atoms with Gasteiger partial charge in [0.1, 0.15) is 12.7 Å². The van der Waals surface area contributed by atoms with Gasteiger partial charge in [0.25, 0.3) is 0 Å². The van der Waals surface area contributed by atoms with E-state index in [4.69, 9.17) is 9.47 Å². The second kappa shape index (κ2) is 9.29. The minimum Gasteiger partial charge on any atom is -0.486 e. The van der Waals surface area contributed by atoms with E-state index in [0.717, 1.165) is 44.2 Å². The van der Waals surface area contributed by atoms with Crippen molar-refractivity contribution in [2.75, 3.05) is 45.9 Å². The van der Waals surface area contributed by atoms with Crippen LogP contribution in [-0.4, -0.2) is 67.7 Å². The summed E-state index contributed by atoms with van der Waals surface area (Å²) in [4.78, 5) is 17.0. The summed E-state index contributed by atoms with van der Waals surface area (Å²) in [5, 5.41) is 2.99. The summed E-state index contributed by atoms with van der Waals surface area (Å²) in [7, 11) is 0. The molecule has 0 bridgehead atoms. The predicted molar refractivity (Wildman–Crippen MR) is 112 cm³/mol. The van der Waals surface area contributed by atoms with E-state index in [2.05, 4.69) is 46.3 Å². The van der Waals surface area contributed by atoms with Gasteiger partial charge in [0.05, 0.1) is 13.1 Å². The maximum absolute atomic E-state index is 12.4. The van der Waals surface area contributed by atoms with Crippen molar-refractivity contribution in [2.24, 2.45) is 0 Å². The monoisotopic (exact) mass is 395 g/mol. The molecule has 1 N–H and O–H groups in total. The summed E-state index contributed by atoms with van der Waals surface area (Å²) in [5.74, 6) is 1.54. The molecule has 1 fully saturated rings. The number of para-hydroxylation sites is 2. The zero-order valence-electron chi connectivity index (χ0n) is 17.0. The number of amides is 1. The number of hydrogen-bond donors (Lipinski definition) is 1. The highest BCUT2D eigenvalue weighted by molar-refractivity contribution is 5.78. The second-order valence-corrected chi connectivity index (χ2v) is 7.78. The van der Waals surface area contributed by atoms with E-state index < -0.39 is 0 Å². The molecule has 0 unspecified atom stereocenters. The molecule has 1 saturated heterocycles. The average molecular weight is 396 g/mol. The van der Waals surface area contributed by atoms with Crippen LogP contribution in [0.25, 0.3) is 0 Å². The quantitative estimate of drug-likeness (QED) is 0.812. The smallest absolute Gasteiger partial charge is 0.234 e. The van der Waals surface area contributed by atoms with Crippen LogP contribution in [0.3, 0.4) is 0 Å². The Labute approximate surface area is 172 Å². The van der Waals surface area contributed by atoms with Gasteiger partial charge < -0.3 is 14.8 Å². The zero-order chi connectivity index (χ0) is 20.1. The van der Waals surface area contributed by atoms with E-state index in [1.807, 2.05) is 24.3 Å². The van der Waals surface area contributed by atoms with Crippen LogP contribution in [-0.2, 0) is 11.3 Å². The van der Waals surface area contributed by atoms with Crippen molar-refractivity contribution >= 4 is 5.91 Å². The molecule has 0 spiro atoms. The van der Waals surface area contributed by atoms with Crippen molar-refractivity contribution in [2.45, 2.75) is 19.6 Å². The van der Waals surface area contributed by atoms with Crippen molar-refractivity contribution < 1.29 is 14.3 Å². The Kier molecular flexibility index (Phi) is 6.32. The van der Waals surface area contributed by atoms with Crippen LogP contribution in [0.15, 0.2) is 48.5 Å². The number of benzene rings is 2. The van der Waals surface area contributed by atoms with Gasteiger partial charge in [-0.1, -0.05) is 36.4 Å². The Bertz CT molecular complexity index is 834. The van der Waals surface area contributed by atoms with E-state index in [9.17, 15) is 4.79 Å². The fourth-order valence-electron chi connectivity index (χ4n) is 3.78. The van der Waals surface area contributed by atoms with E-state index in [1.165, 1.54) is 11.1 Å². The standard InChI is InChI=1S/C23H29N3O3/c1-18-6-2-3-7-19(18)15-25-10-12-26(13-11-25)16-23(27)24-14-20-17-28-21-8-4-5-9-22(21)29-20/h2-9,20H,10-17H2,1H3,(H,24,27)/t20-/m1/s1. The number of hydrogen-bond acceptors (Lipinski definition) is 5. The number of piperazine rings is 1. The molecule has 1 amide bonds. The Morgan fingerprint density at radius 1 is 1.00 bits per heavy atom. The molecule has 4 rings (SSSR count). The lowest BCUT2D eigenvalue weighted by Crippen LogP contribution is -2.50. The van der Waals surface area contributed by atoms with Gasteiger partial charge in [-0.25, -0.2) is 0 Å². The van der Waals surface area contributed by atoms with Crippen molar-refractivity contribution in [3.05, 3.63) is 59.7 Å². The molecule has 0 aromatic heterocycles. The molecule has 29 heavy (non-hydrogen) atoms. The predicted octanol–water partition coefficient (Wildman–Crippen LogP) is 2.07. The molecule has 2 aromatic carbocycles. The average Bonchev–Trinajstić information content (AvgIpc) is 2.75. The third kappa shape index (κ3) is 5.28. The molecular weight excluding hydrogens is 366 g/mol. The normalized spacial score (nSPS) is 19.7. The highest BCUT2D eigenvalue weighted by atomic mass is 16.6. The van der Waals surface area contributed by atoms with Gasteiger partial charge in [-0.3, -0.25) is 14.6 Å². The first-order valence-electron chi connectivity index (χ1n) is 10.3. The Morgan fingerprint density at radius 2 is 1.69 bits per heavy atom. The second-order valence-electron chi connectivity index (χ2n) is 7.78. The number of nitrogens with zero attached hydrogens (tertiary/aromatic N) is 2. The molecule has 2 heterocycles. The maximum atomic E-state index is 12.4. The lowest BCUT2D eigenvalue weighted by Gasteiger charge is -2.34. The van der Waals surface area contributed by atoms with E-state index in [1.54, 1.807) is 0 Å². The molecule has 0 radical (unpaired) electrons. The van der Waals surface area contributed by atoms with Crippen LogP contribution >= 0.6 is 0 Å². The molecule has 1 atom stereocenters. The molecule has 0 aliphatic carbocycles. The number of nitrogens with one attached hydrogen (secondary N) is 1. The molecule has 6 nitrogen and oxygen atoms in total. The topological polar surface area (TPSA) is 54.0 Å². The fourth-order valence-corrected chi connectivity index (χ4v) is 3.78. The van der Waals surface area contributed by atoms with Crippen LogP contribution in [0.5, 0.6) is 11.5 Å². The molecule has 154 valence electrons. The van der Waals surface area contributed by atoms with Gasteiger partial charge in [-0.05, 0) is 30.2 Å². The Morgan fingerprint density at radius 3 is 2.48 bits per heavy atom. The van der Waals surface area contributed by atoms with Crippen molar-refractivity contribution in [1.29, 1.82) is 0 Å². The molecule has 2 aliphatic rings. The van der Waals surface area contributed by atoms with Gasteiger partial charge in [-0.15, -0.1) is 0 Å². The van der Waals surface area contributed by atoms with Gasteiger partial charge >= 0.3 is 0 Å². The first-order valence-corrected chi connectivity index (χ1v) is 10.3. The van der Waals surface area contributed by atoms with Gasteiger partial charge in [0.2, 0.25) is 5.91 Å².